The van der Waals surface area contributed by atoms with Crippen molar-refractivity contribution in [1.82, 2.24) is 4.98 Å². The first-order chi connectivity index (χ1) is 6.24. The van der Waals surface area contributed by atoms with E-state index in [4.69, 9.17) is 0 Å². The Morgan fingerprint density at radius 2 is 2.38 bits per heavy atom. The SMILES string of the molecule is COC(=O)C[C@@H](C)c1ccccn1. The molecule has 0 spiro atoms. The summed E-state index contributed by atoms with van der Waals surface area (Å²) in [5.74, 6) is -0.0770. The van der Waals surface area contributed by atoms with Gasteiger partial charge in [0.05, 0.1) is 13.5 Å². The van der Waals surface area contributed by atoms with Crippen molar-refractivity contribution in [2.45, 2.75) is 19.3 Å². The molecule has 0 amide bonds. The molecule has 3 heteroatoms. The van der Waals surface area contributed by atoms with E-state index in [0.717, 1.165) is 5.69 Å². The molecule has 0 aliphatic carbocycles. The highest BCUT2D eigenvalue weighted by atomic mass is 16.5. The number of methoxy groups -OCH3 is 1. The van der Waals surface area contributed by atoms with E-state index in [9.17, 15) is 4.79 Å². The van der Waals surface area contributed by atoms with Crippen molar-refractivity contribution in [2.24, 2.45) is 0 Å². The largest absolute Gasteiger partial charge is 0.469 e. The number of esters is 1. The summed E-state index contributed by atoms with van der Waals surface area (Å²) in [5.41, 5.74) is 0.924. The van der Waals surface area contributed by atoms with E-state index in [-0.39, 0.29) is 11.9 Å². The number of aromatic nitrogens is 1. The van der Waals surface area contributed by atoms with Gasteiger partial charge in [-0.25, -0.2) is 0 Å². The molecule has 0 saturated heterocycles. The van der Waals surface area contributed by atoms with E-state index in [0.29, 0.717) is 6.42 Å². The summed E-state index contributed by atoms with van der Waals surface area (Å²) < 4.78 is 4.58. The standard InChI is InChI=1S/C10H13NO2/c1-8(7-10(12)13-2)9-5-3-4-6-11-9/h3-6,8H,7H2,1-2H3/t8-/m1/s1. The zero-order valence-corrected chi connectivity index (χ0v) is 7.86. The molecule has 13 heavy (non-hydrogen) atoms. The number of hydrogen-bond acceptors (Lipinski definition) is 3. The number of carbonyl (C=O) groups excluding carboxylic acids is 1. The van der Waals surface area contributed by atoms with Crippen molar-refractivity contribution in [3.05, 3.63) is 30.1 Å². The van der Waals surface area contributed by atoms with Crippen LogP contribution in [0.25, 0.3) is 0 Å². The Morgan fingerprint density at radius 1 is 1.62 bits per heavy atom. The van der Waals surface area contributed by atoms with Crippen molar-refractivity contribution in [2.75, 3.05) is 7.11 Å². The molecule has 0 N–H and O–H groups in total. The van der Waals surface area contributed by atoms with Crippen LogP contribution < -0.4 is 0 Å². The summed E-state index contributed by atoms with van der Waals surface area (Å²) >= 11 is 0. The monoisotopic (exact) mass is 179 g/mol. The Morgan fingerprint density at radius 3 is 2.92 bits per heavy atom. The number of nitrogens with zero attached hydrogens (tertiary/aromatic N) is 1. The Balaban J connectivity index is 2.59. The second kappa shape index (κ2) is 4.60. The van der Waals surface area contributed by atoms with Crippen LogP contribution in [0.1, 0.15) is 25.0 Å². The third kappa shape index (κ3) is 2.86. The van der Waals surface area contributed by atoms with E-state index in [1.54, 1.807) is 6.20 Å². The second-order valence-corrected chi connectivity index (χ2v) is 2.94. The number of hydrogen-bond donors (Lipinski definition) is 0. The van der Waals surface area contributed by atoms with E-state index in [1.165, 1.54) is 7.11 Å². The number of ether oxygens (including phenoxy) is 1. The van der Waals surface area contributed by atoms with Gasteiger partial charge in [-0.1, -0.05) is 13.0 Å². The van der Waals surface area contributed by atoms with Gasteiger partial charge in [-0.2, -0.15) is 0 Å². The lowest BCUT2D eigenvalue weighted by Gasteiger charge is -2.08. The molecule has 0 saturated carbocycles. The smallest absolute Gasteiger partial charge is 0.306 e. The average molecular weight is 179 g/mol. The molecule has 0 unspecified atom stereocenters. The van der Waals surface area contributed by atoms with Gasteiger partial charge in [-0.15, -0.1) is 0 Å². The van der Waals surface area contributed by atoms with Gasteiger partial charge in [-0.3, -0.25) is 9.78 Å². The maximum atomic E-state index is 10.9. The number of rotatable bonds is 3. The summed E-state index contributed by atoms with van der Waals surface area (Å²) in [4.78, 5) is 15.1. The van der Waals surface area contributed by atoms with Gasteiger partial charge in [0, 0.05) is 17.8 Å². The van der Waals surface area contributed by atoms with Gasteiger partial charge in [-0.05, 0) is 12.1 Å². The van der Waals surface area contributed by atoms with Crippen molar-refractivity contribution in [3.8, 4) is 0 Å². The highest BCUT2D eigenvalue weighted by Gasteiger charge is 2.11. The molecule has 1 rings (SSSR count). The van der Waals surface area contributed by atoms with Crippen molar-refractivity contribution >= 4 is 5.97 Å². The van der Waals surface area contributed by atoms with Crippen LogP contribution in [0.3, 0.4) is 0 Å². The van der Waals surface area contributed by atoms with Crippen molar-refractivity contribution in [3.63, 3.8) is 0 Å². The summed E-state index contributed by atoms with van der Waals surface area (Å²) in [6.07, 6.45) is 2.11. The third-order valence-electron chi connectivity index (χ3n) is 1.89. The van der Waals surface area contributed by atoms with Crippen LogP contribution in [0.5, 0.6) is 0 Å². The van der Waals surface area contributed by atoms with E-state index < -0.39 is 0 Å². The molecule has 1 heterocycles. The Labute approximate surface area is 77.8 Å². The molecule has 70 valence electrons. The third-order valence-corrected chi connectivity index (χ3v) is 1.89. The predicted molar refractivity (Wildman–Crippen MR) is 49.3 cm³/mol. The maximum Gasteiger partial charge on any atom is 0.306 e. The molecule has 0 bridgehead atoms. The lowest BCUT2D eigenvalue weighted by Crippen LogP contribution is -2.06. The molecule has 0 aromatic carbocycles. The fourth-order valence-electron chi connectivity index (χ4n) is 1.11. The average Bonchev–Trinajstić information content (AvgIpc) is 2.19. The van der Waals surface area contributed by atoms with Gasteiger partial charge in [0.1, 0.15) is 0 Å². The highest BCUT2D eigenvalue weighted by molar-refractivity contribution is 5.70. The highest BCUT2D eigenvalue weighted by Crippen LogP contribution is 2.15. The van der Waals surface area contributed by atoms with Crippen LogP contribution in [0.4, 0.5) is 0 Å². The van der Waals surface area contributed by atoms with Gasteiger partial charge >= 0.3 is 5.97 Å². The van der Waals surface area contributed by atoms with Crippen LogP contribution >= 0.6 is 0 Å². The molecular formula is C10H13NO2. The quantitative estimate of drug-likeness (QED) is 0.663. The molecule has 0 radical (unpaired) electrons. The Bertz CT molecular complexity index is 272. The lowest BCUT2D eigenvalue weighted by atomic mass is 10.0. The topological polar surface area (TPSA) is 39.2 Å². The minimum Gasteiger partial charge on any atom is -0.469 e. The van der Waals surface area contributed by atoms with Crippen molar-refractivity contribution < 1.29 is 9.53 Å². The summed E-state index contributed by atoms with van der Waals surface area (Å²) in [7, 11) is 1.40. The fraction of sp³-hybridized carbons (Fsp3) is 0.400. The van der Waals surface area contributed by atoms with Gasteiger partial charge in [0.15, 0.2) is 0 Å². The summed E-state index contributed by atoms with van der Waals surface area (Å²) in [5, 5.41) is 0. The molecule has 1 aromatic heterocycles. The first-order valence-corrected chi connectivity index (χ1v) is 4.21. The van der Waals surface area contributed by atoms with E-state index >= 15 is 0 Å². The zero-order valence-electron chi connectivity index (χ0n) is 7.86. The van der Waals surface area contributed by atoms with Gasteiger partial charge < -0.3 is 4.74 Å². The predicted octanol–water partition coefficient (Wildman–Crippen LogP) is 1.75. The summed E-state index contributed by atoms with van der Waals surface area (Å²) in [6.45, 7) is 1.96. The zero-order chi connectivity index (χ0) is 9.68. The van der Waals surface area contributed by atoms with Crippen LogP contribution in [-0.4, -0.2) is 18.1 Å². The van der Waals surface area contributed by atoms with Gasteiger partial charge in [0.25, 0.3) is 0 Å². The summed E-state index contributed by atoms with van der Waals surface area (Å²) in [6, 6.07) is 5.68. The minimum atomic E-state index is -0.196. The Kier molecular flexibility index (Phi) is 3.43. The fourth-order valence-corrected chi connectivity index (χ4v) is 1.11. The van der Waals surface area contributed by atoms with Gasteiger partial charge in [0.2, 0.25) is 0 Å². The van der Waals surface area contributed by atoms with E-state index in [1.807, 2.05) is 25.1 Å². The molecule has 0 aliphatic heterocycles. The normalized spacial score (nSPS) is 12.2. The lowest BCUT2D eigenvalue weighted by molar-refractivity contribution is -0.141. The van der Waals surface area contributed by atoms with Crippen LogP contribution in [0.2, 0.25) is 0 Å². The first-order valence-electron chi connectivity index (χ1n) is 4.21. The number of carbonyl (C=O) groups is 1. The molecule has 0 aliphatic rings. The molecular weight excluding hydrogens is 166 g/mol. The van der Waals surface area contributed by atoms with Crippen LogP contribution in [0, 0.1) is 0 Å². The van der Waals surface area contributed by atoms with Crippen LogP contribution in [0.15, 0.2) is 24.4 Å². The molecule has 0 fully saturated rings. The first kappa shape index (κ1) is 9.71. The second-order valence-electron chi connectivity index (χ2n) is 2.94. The Hall–Kier alpha value is -1.38. The molecule has 1 atom stereocenters. The van der Waals surface area contributed by atoms with E-state index in [2.05, 4.69) is 9.72 Å². The maximum absolute atomic E-state index is 10.9. The van der Waals surface area contributed by atoms with Crippen molar-refractivity contribution in [1.29, 1.82) is 0 Å². The molecule has 3 nitrogen and oxygen atoms in total. The minimum absolute atomic E-state index is 0.119. The molecule has 1 aromatic rings. The number of pyridine rings is 1. The van der Waals surface area contributed by atoms with Crippen LogP contribution in [-0.2, 0) is 9.53 Å².